The zero-order valence-electron chi connectivity index (χ0n) is 13.2. The topological polar surface area (TPSA) is 75.4 Å². The first-order chi connectivity index (χ1) is 12.4. The van der Waals surface area contributed by atoms with E-state index in [1.165, 1.54) is 6.07 Å². The third kappa shape index (κ3) is 2.62. The summed E-state index contributed by atoms with van der Waals surface area (Å²) in [6.07, 6.45) is 4.65. The molecule has 3 atom stereocenters. The lowest BCUT2D eigenvalue weighted by molar-refractivity contribution is -0.385. The van der Waals surface area contributed by atoms with Crippen LogP contribution >= 0.6 is 34.8 Å². The number of halogens is 3. The van der Waals surface area contributed by atoms with Crippen molar-refractivity contribution in [2.75, 3.05) is 5.32 Å². The van der Waals surface area contributed by atoms with Crippen LogP contribution in [0.1, 0.15) is 29.5 Å². The molecular formula is C18H13Cl3N2O3. The van der Waals surface area contributed by atoms with Gasteiger partial charge in [0.15, 0.2) is 0 Å². The maximum absolute atomic E-state index is 11.6. The Morgan fingerprint density at radius 1 is 1.19 bits per heavy atom. The van der Waals surface area contributed by atoms with E-state index in [4.69, 9.17) is 34.8 Å². The highest BCUT2D eigenvalue weighted by Gasteiger charge is 2.44. The van der Waals surface area contributed by atoms with Gasteiger partial charge < -0.3 is 10.4 Å². The molecule has 4 rings (SSSR count). The number of rotatable bonds is 2. The van der Waals surface area contributed by atoms with E-state index in [2.05, 4.69) is 5.32 Å². The summed E-state index contributed by atoms with van der Waals surface area (Å²) in [5.41, 5.74) is 1.40. The summed E-state index contributed by atoms with van der Waals surface area (Å²) in [5, 5.41) is 26.2. The van der Waals surface area contributed by atoms with Crippen molar-refractivity contribution in [2.45, 2.75) is 18.4 Å². The van der Waals surface area contributed by atoms with Crippen molar-refractivity contribution in [3.8, 4) is 5.75 Å². The molecule has 2 N–H and O–H groups in total. The van der Waals surface area contributed by atoms with Crippen LogP contribution in [0.25, 0.3) is 0 Å². The Balaban J connectivity index is 1.91. The molecule has 0 saturated carbocycles. The first-order valence-corrected chi connectivity index (χ1v) is 9.09. The molecule has 0 saturated heterocycles. The van der Waals surface area contributed by atoms with Gasteiger partial charge in [-0.3, -0.25) is 10.1 Å². The largest absolute Gasteiger partial charge is 0.506 e. The fourth-order valence-electron chi connectivity index (χ4n) is 3.96. The molecule has 0 fully saturated rings. The maximum Gasteiger partial charge on any atom is 0.293 e. The number of aromatic hydroxyl groups is 1. The van der Waals surface area contributed by atoms with Crippen LogP contribution in [-0.4, -0.2) is 10.0 Å². The van der Waals surface area contributed by atoms with E-state index >= 15 is 0 Å². The van der Waals surface area contributed by atoms with Gasteiger partial charge in [0.2, 0.25) is 0 Å². The fourth-order valence-corrected chi connectivity index (χ4v) is 4.76. The maximum atomic E-state index is 11.6. The van der Waals surface area contributed by atoms with Crippen LogP contribution in [0, 0.1) is 16.0 Å². The van der Waals surface area contributed by atoms with Gasteiger partial charge in [-0.2, -0.15) is 0 Å². The van der Waals surface area contributed by atoms with Crippen LogP contribution in [-0.2, 0) is 0 Å². The number of nitro benzene ring substituents is 1. The third-order valence-corrected chi connectivity index (χ3v) is 5.88. The summed E-state index contributed by atoms with van der Waals surface area (Å²) in [5.74, 6) is -0.352. The van der Waals surface area contributed by atoms with Gasteiger partial charge in [-0.1, -0.05) is 53.0 Å². The third-order valence-electron chi connectivity index (χ3n) is 5.02. The Morgan fingerprint density at radius 2 is 1.96 bits per heavy atom. The minimum Gasteiger partial charge on any atom is -0.506 e. The van der Waals surface area contributed by atoms with Gasteiger partial charge >= 0.3 is 0 Å². The second-order valence-electron chi connectivity index (χ2n) is 6.41. The second kappa shape index (κ2) is 6.34. The molecule has 0 amide bonds. The number of anilines is 1. The minimum absolute atomic E-state index is 0.0118. The number of nitro groups is 1. The van der Waals surface area contributed by atoms with Crippen molar-refractivity contribution >= 4 is 46.2 Å². The number of hydrogen-bond acceptors (Lipinski definition) is 4. The number of nitrogens with one attached hydrogen (secondary N) is 1. The Hall–Kier alpha value is -1.95. The van der Waals surface area contributed by atoms with Crippen LogP contribution in [0.3, 0.4) is 0 Å². The predicted molar refractivity (Wildman–Crippen MR) is 103 cm³/mol. The van der Waals surface area contributed by atoms with E-state index in [1.807, 2.05) is 18.2 Å². The monoisotopic (exact) mass is 410 g/mol. The molecule has 2 aromatic rings. The van der Waals surface area contributed by atoms with E-state index in [0.29, 0.717) is 21.3 Å². The SMILES string of the molecule is O=[N+]([O-])c1c(Cl)cc(O)c2c1C1C=CCC1C(c1ccc(Cl)cc1Cl)N2. The molecule has 1 aliphatic carbocycles. The lowest BCUT2D eigenvalue weighted by atomic mass is 9.76. The highest BCUT2D eigenvalue weighted by Crippen LogP contribution is 2.56. The van der Waals surface area contributed by atoms with Gasteiger partial charge in [0, 0.05) is 22.0 Å². The quantitative estimate of drug-likeness (QED) is 0.271. The summed E-state index contributed by atoms with van der Waals surface area (Å²) in [4.78, 5) is 11.1. The van der Waals surface area contributed by atoms with Gasteiger partial charge in [0.25, 0.3) is 5.69 Å². The smallest absolute Gasteiger partial charge is 0.293 e. The van der Waals surface area contributed by atoms with E-state index in [0.717, 1.165) is 12.0 Å². The van der Waals surface area contributed by atoms with Crippen LogP contribution in [0.2, 0.25) is 15.1 Å². The van der Waals surface area contributed by atoms with Crippen LogP contribution in [0.4, 0.5) is 11.4 Å². The summed E-state index contributed by atoms with van der Waals surface area (Å²) in [6.45, 7) is 0. The van der Waals surface area contributed by atoms with Crippen molar-refractivity contribution < 1.29 is 10.0 Å². The highest BCUT2D eigenvalue weighted by atomic mass is 35.5. The molecule has 5 nitrogen and oxygen atoms in total. The Kier molecular flexibility index (Phi) is 4.26. The number of hydrogen-bond donors (Lipinski definition) is 2. The van der Waals surface area contributed by atoms with Crippen molar-refractivity contribution in [1.29, 1.82) is 0 Å². The molecule has 0 aromatic heterocycles. The molecule has 0 spiro atoms. The van der Waals surface area contributed by atoms with Gasteiger partial charge in [-0.05, 0) is 30.0 Å². The minimum atomic E-state index is -0.499. The van der Waals surface area contributed by atoms with E-state index in [9.17, 15) is 15.2 Å². The van der Waals surface area contributed by atoms with Gasteiger partial charge in [-0.15, -0.1) is 0 Å². The molecule has 134 valence electrons. The highest BCUT2D eigenvalue weighted by molar-refractivity contribution is 6.35. The molecule has 1 aliphatic heterocycles. The standard InChI is InChI=1S/C18H13Cl3N2O3/c19-8-4-5-11(12(20)6-8)16-10-3-1-2-9(10)15-17(22-16)14(24)7-13(21)18(15)23(25)26/h1-2,4-7,9-10,16,22,24H,3H2. The average molecular weight is 412 g/mol. The molecule has 26 heavy (non-hydrogen) atoms. The zero-order valence-corrected chi connectivity index (χ0v) is 15.5. The van der Waals surface area contributed by atoms with E-state index < -0.39 is 4.92 Å². The molecule has 8 heteroatoms. The predicted octanol–water partition coefficient (Wildman–Crippen LogP) is 6.09. The summed E-state index contributed by atoms with van der Waals surface area (Å²) >= 11 is 18.4. The molecule has 2 aliphatic rings. The van der Waals surface area contributed by atoms with Gasteiger partial charge in [0.05, 0.1) is 22.2 Å². The van der Waals surface area contributed by atoms with Crippen molar-refractivity contribution in [2.24, 2.45) is 5.92 Å². The number of nitrogens with zero attached hydrogens (tertiary/aromatic N) is 1. The Bertz CT molecular complexity index is 961. The zero-order chi connectivity index (χ0) is 18.6. The number of phenols is 1. The van der Waals surface area contributed by atoms with Gasteiger partial charge in [-0.25, -0.2) is 0 Å². The van der Waals surface area contributed by atoms with Gasteiger partial charge in [0.1, 0.15) is 10.8 Å². The number of phenolic OH excluding ortho intramolecular Hbond substituents is 1. The fraction of sp³-hybridized carbons (Fsp3) is 0.222. The second-order valence-corrected chi connectivity index (χ2v) is 7.66. The molecule has 2 aromatic carbocycles. The van der Waals surface area contributed by atoms with E-state index in [-0.39, 0.29) is 34.3 Å². The molecular weight excluding hydrogens is 399 g/mol. The first kappa shape index (κ1) is 17.5. The van der Waals surface area contributed by atoms with Crippen molar-refractivity contribution in [3.63, 3.8) is 0 Å². The number of benzene rings is 2. The lowest BCUT2D eigenvalue weighted by Crippen LogP contribution is -2.30. The number of allylic oxidation sites excluding steroid dienone is 2. The summed E-state index contributed by atoms with van der Waals surface area (Å²) < 4.78 is 0. The molecule has 0 bridgehead atoms. The average Bonchev–Trinajstić information content (AvgIpc) is 3.04. The molecule has 0 radical (unpaired) electrons. The Labute approximate surface area is 164 Å². The van der Waals surface area contributed by atoms with Crippen LogP contribution in [0.5, 0.6) is 5.75 Å². The summed E-state index contributed by atoms with van der Waals surface area (Å²) in [7, 11) is 0. The number of fused-ring (bicyclic) bond motifs is 3. The summed E-state index contributed by atoms with van der Waals surface area (Å²) in [6, 6.07) is 6.23. The lowest BCUT2D eigenvalue weighted by Gasteiger charge is -2.37. The Morgan fingerprint density at radius 3 is 2.65 bits per heavy atom. The normalized spacial score (nSPS) is 23.3. The first-order valence-electron chi connectivity index (χ1n) is 7.96. The van der Waals surface area contributed by atoms with Crippen molar-refractivity contribution in [1.82, 2.24) is 0 Å². The molecule has 3 unspecified atom stereocenters. The molecule has 1 heterocycles. The van der Waals surface area contributed by atoms with E-state index in [1.54, 1.807) is 12.1 Å². The van der Waals surface area contributed by atoms with Crippen LogP contribution in [0.15, 0.2) is 36.4 Å². The van der Waals surface area contributed by atoms with Crippen LogP contribution < -0.4 is 5.32 Å². The van der Waals surface area contributed by atoms with Crippen molar-refractivity contribution in [3.05, 3.63) is 72.7 Å².